The molecular weight excluding hydrogens is 368 g/mol. The highest BCUT2D eigenvalue weighted by molar-refractivity contribution is 7.92. The van der Waals surface area contributed by atoms with Gasteiger partial charge in [-0.15, -0.1) is 0 Å². The van der Waals surface area contributed by atoms with E-state index >= 15 is 0 Å². The Morgan fingerprint density at radius 1 is 1.07 bits per heavy atom. The third-order valence-electron chi connectivity index (χ3n) is 3.41. The molecule has 0 amide bonds. The summed E-state index contributed by atoms with van der Waals surface area (Å²) < 4.78 is 38.0. The Morgan fingerprint density at radius 2 is 1.81 bits per heavy atom. The van der Waals surface area contributed by atoms with Crippen LogP contribution in [0.5, 0.6) is 5.75 Å². The quantitative estimate of drug-likeness (QED) is 0.635. The molecule has 2 heterocycles. The van der Waals surface area contributed by atoms with Crippen LogP contribution in [0.2, 0.25) is 0 Å². The number of pyridine rings is 1. The van der Waals surface area contributed by atoms with Gasteiger partial charge in [0.25, 0.3) is 10.0 Å². The lowest BCUT2D eigenvalue weighted by atomic mass is 10.3. The van der Waals surface area contributed by atoms with Crippen LogP contribution in [0.15, 0.2) is 58.1 Å². The Bertz CT molecular complexity index is 997. The molecule has 2 aromatic heterocycles. The molecule has 0 aliphatic carbocycles. The number of benzene rings is 1. The van der Waals surface area contributed by atoms with Gasteiger partial charge in [0.1, 0.15) is 17.3 Å². The number of rotatable bonds is 7. The topological polar surface area (TPSA) is 106 Å². The zero-order valence-electron chi connectivity index (χ0n) is 15.1. The Hall–Kier alpha value is -3.07. The summed E-state index contributed by atoms with van der Waals surface area (Å²) in [4.78, 5) is 4.31. The van der Waals surface area contributed by atoms with Gasteiger partial charge in [-0.3, -0.25) is 4.72 Å². The minimum absolute atomic E-state index is 0.0185. The summed E-state index contributed by atoms with van der Waals surface area (Å²) >= 11 is 0. The average molecular weight is 388 g/mol. The van der Waals surface area contributed by atoms with Crippen molar-refractivity contribution >= 4 is 27.3 Å². The molecule has 0 bridgehead atoms. The maximum atomic E-state index is 12.5. The van der Waals surface area contributed by atoms with Crippen LogP contribution in [0.3, 0.4) is 0 Å². The minimum Gasteiger partial charge on any atom is -0.491 e. The normalized spacial score (nSPS) is 11.4. The molecule has 0 aliphatic rings. The van der Waals surface area contributed by atoms with Gasteiger partial charge >= 0.3 is 0 Å². The van der Waals surface area contributed by atoms with Gasteiger partial charge in [-0.05, 0) is 57.2 Å². The van der Waals surface area contributed by atoms with Crippen LogP contribution in [0.4, 0.5) is 17.3 Å². The Kier molecular flexibility index (Phi) is 5.31. The van der Waals surface area contributed by atoms with E-state index in [9.17, 15) is 8.42 Å². The van der Waals surface area contributed by atoms with Gasteiger partial charge in [-0.2, -0.15) is 0 Å². The van der Waals surface area contributed by atoms with Crippen LogP contribution in [-0.2, 0) is 10.0 Å². The van der Waals surface area contributed by atoms with Crippen LogP contribution in [0.25, 0.3) is 0 Å². The molecule has 9 heteroatoms. The van der Waals surface area contributed by atoms with Crippen molar-refractivity contribution in [1.29, 1.82) is 0 Å². The maximum absolute atomic E-state index is 12.5. The van der Waals surface area contributed by atoms with Crippen molar-refractivity contribution in [2.45, 2.75) is 31.8 Å². The lowest BCUT2D eigenvalue weighted by Gasteiger charge is -2.11. The first-order valence-electron chi connectivity index (χ1n) is 8.28. The third kappa shape index (κ3) is 4.98. The van der Waals surface area contributed by atoms with Gasteiger partial charge < -0.3 is 14.6 Å². The lowest BCUT2D eigenvalue weighted by molar-refractivity contribution is 0.242. The number of nitrogens with zero attached hydrogens (tertiary/aromatic N) is 2. The molecule has 0 unspecified atom stereocenters. The van der Waals surface area contributed by atoms with E-state index in [0.29, 0.717) is 28.8 Å². The van der Waals surface area contributed by atoms with Crippen molar-refractivity contribution in [2.75, 3.05) is 10.0 Å². The van der Waals surface area contributed by atoms with E-state index in [1.807, 2.05) is 13.8 Å². The predicted molar refractivity (Wildman–Crippen MR) is 102 cm³/mol. The molecule has 0 saturated heterocycles. The van der Waals surface area contributed by atoms with Crippen molar-refractivity contribution in [1.82, 2.24) is 10.1 Å². The summed E-state index contributed by atoms with van der Waals surface area (Å²) in [6.45, 7) is 5.59. The zero-order valence-corrected chi connectivity index (χ0v) is 15.9. The number of nitrogens with one attached hydrogen (secondary N) is 2. The molecular formula is C18H20N4O4S. The molecule has 3 aromatic rings. The molecule has 0 saturated carbocycles. The molecule has 142 valence electrons. The predicted octanol–water partition coefficient (Wildman–Crippen LogP) is 3.71. The van der Waals surface area contributed by atoms with Gasteiger partial charge in [0.15, 0.2) is 5.82 Å². The first-order chi connectivity index (χ1) is 12.8. The molecule has 0 atom stereocenters. The fourth-order valence-electron chi connectivity index (χ4n) is 2.27. The van der Waals surface area contributed by atoms with E-state index in [1.165, 1.54) is 18.3 Å². The number of hydrogen-bond acceptors (Lipinski definition) is 7. The zero-order chi connectivity index (χ0) is 19.4. The van der Waals surface area contributed by atoms with Crippen molar-refractivity contribution in [2.24, 2.45) is 0 Å². The number of aromatic nitrogens is 2. The number of anilines is 3. The smallest absolute Gasteiger partial charge is 0.261 e. The van der Waals surface area contributed by atoms with Gasteiger partial charge in [-0.25, -0.2) is 13.4 Å². The molecule has 3 rings (SSSR count). The van der Waals surface area contributed by atoms with Gasteiger partial charge in [-0.1, -0.05) is 5.16 Å². The molecule has 2 N–H and O–H groups in total. The summed E-state index contributed by atoms with van der Waals surface area (Å²) in [5.41, 5.74) is 0.347. The Labute approximate surface area is 157 Å². The van der Waals surface area contributed by atoms with E-state index in [1.54, 1.807) is 37.3 Å². The fraction of sp³-hybridized carbons (Fsp3) is 0.222. The van der Waals surface area contributed by atoms with E-state index in [2.05, 4.69) is 20.2 Å². The van der Waals surface area contributed by atoms with E-state index in [-0.39, 0.29) is 11.0 Å². The Morgan fingerprint density at radius 3 is 2.37 bits per heavy atom. The largest absolute Gasteiger partial charge is 0.491 e. The van der Waals surface area contributed by atoms with E-state index < -0.39 is 10.0 Å². The second kappa shape index (κ2) is 7.67. The monoisotopic (exact) mass is 388 g/mol. The second-order valence-electron chi connectivity index (χ2n) is 6.12. The van der Waals surface area contributed by atoms with Gasteiger partial charge in [0.2, 0.25) is 0 Å². The molecule has 1 aromatic carbocycles. The van der Waals surface area contributed by atoms with Gasteiger partial charge in [0, 0.05) is 6.07 Å². The van der Waals surface area contributed by atoms with Crippen LogP contribution in [0.1, 0.15) is 19.6 Å². The number of hydrogen-bond donors (Lipinski definition) is 2. The van der Waals surface area contributed by atoms with E-state index in [0.717, 1.165) is 0 Å². The summed E-state index contributed by atoms with van der Waals surface area (Å²) in [7, 11) is -3.72. The van der Waals surface area contributed by atoms with Crippen molar-refractivity contribution < 1.29 is 17.7 Å². The van der Waals surface area contributed by atoms with Crippen LogP contribution < -0.4 is 14.8 Å². The first-order valence-corrected chi connectivity index (χ1v) is 9.76. The van der Waals surface area contributed by atoms with Crippen LogP contribution in [-0.4, -0.2) is 24.7 Å². The number of sulfonamides is 1. The molecule has 0 fully saturated rings. The average Bonchev–Trinajstić information content (AvgIpc) is 3.01. The summed E-state index contributed by atoms with van der Waals surface area (Å²) in [5, 5.41) is 6.77. The van der Waals surface area contributed by atoms with Crippen molar-refractivity contribution in [3.8, 4) is 5.75 Å². The molecule has 0 spiro atoms. The van der Waals surface area contributed by atoms with E-state index in [4.69, 9.17) is 9.26 Å². The molecule has 27 heavy (non-hydrogen) atoms. The standard InChI is InChI=1S/C18H20N4O4S/c1-12(2)25-15-5-7-16(8-6-15)27(23,24)22-14-4-9-17(19-11-14)20-18-10-13(3)26-21-18/h4-12,22H,1-3H3,(H,19,20,21). The van der Waals surface area contributed by atoms with Gasteiger partial charge in [0.05, 0.1) is 22.9 Å². The highest BCUT2D eigenvalue weighted by atomic mass is 32.2. The van der Waals surface area contributed by atoms with Crippen LogP contribution in [0, 0.1) is 6.92 Å². The minimum atomic E-state index is -3.72. The fourth-order valence-corrected chi connectivity index (χ4v) is 3.31. The highest BCUT2D eigenvalue weighted by Crippen LogP contribution is 2.21. The summed E-state index contributed by atoms with van der Waals surface area (Å²) in [6, 6.07) is 11.2. The van der Waals surface area contributed by atoms with Crippen LogP contribution >= 0.6 is 0 Å². The summed E-state index contributed by atoms with van der Waals surface area (Å²) in [6.07, 6.45) is 1.44. The third-order valence-corrected chi connectivity index (χ3v) is 4.80. The maximum Gasteiger partial charge on any atom is 0.261 e. The summed E-state index contributed by atoms with van der Waals surface area (Å²) in [5.74, 6) is 2.33. The number of aryl methyl sites for hydroxylation is 1. The highest BCUT2D eigenvalue weighted by Gasteiger charge is 2.15. The molecule has 8 nitrogen and oxygen atoms in total. The van der Waals surface area contributed by atoms with Crippen molar-refractivity contribution in [3.63, 3.8) is 0 Å². The molecule has 0 radical (unpaired) electrons. The second-order valence-corrected chi connectivity index (χ2v) is 7.81. The van der Waals surface area contributed by atoms with Crippen molar-refractivity contribution in [3.05, 3.63) is 54.4 Å². The molecule has 0 aliphatic heterocycles. The first kappa shape index (κ1) is 18.7. The Balaban J connectivity index is 1.68. The lowest BCUT2D eigenvalue weighted by Crippen LogP contribution is -2.13. The number of ether oxygens (including phenoxy) is 1. The SMILES string of the molecule is Cc1cc(Nc2ccc(NS(=O)(=O)c3ccc(OC(C)C)cc3)cn2)no1.